The minimum atomic E-state index is 0.552. The molecule has 1 aromatic rings. The molecule has 0 spiro atoms. The summed E-state index contributed by atoms with van der Waals surface area (Å²) in [6.07, 6.45) is 2.16. The lowest BCUT2D eigenvalue weighted by Crippen LogP contribution is -2.22. The summed E-state index contributed by atoms with van der Waals surface area (Å²) in [5, 5.41) is 4.98. The van der Waals surface area contributed by atoms with E-state index in [1.165, 1.54) is 0 Å². The van der Waals surface area contributed by atoms with Crippen LogP contribution in [0, 0.1) is 5.92 Å². The molecule has 1 aliphatic rings. The van der Waals surface area contributed by atoms with Crippen LogP contribution in [-0.4, -0.2) is 19.8 Å². The van der Waals surface area contributed by atoms with Gasteiger partial charge in [0.1, 0.15) is 0 Å². The highest BCUT2D eigenvalue weighted by molar-refractivity contribution is 6.41. The number of rotatable bonds is 3. The second-order valence-corrected chi connectivity index (χ2v) is 5.43. The van der Waals surface area contributed by atoms with Gasteiger partial charge in [-0.25, -0.2) is 0 Å². The van der Waals surface area contributed by atoms with Crippen molar-refractivity contribution in [2.75, 3.05) is 25.1 Å². The molecule has 1 saturated heterocycles. The number of hydrogen-bond donors (Lipinski definition) is 1. The molecule has 17 heavy (non-hydrogen) atoms. The second-order valence-electron chi connectivity index (χ2n) is 4.18. The first-order valence-corrected chi connectivity index (χ1v) is 6.76. The Balaban J connectivity index is 1.98. The van der Waals surface area contributed by atoms with Crippen LogP contribution in [0.1, 0.15) is 12.8 Å². The first kappa shape index (κ1) is 13.3. The third kappa shape index (κ3) is 3.65. The average Bonchev–Trinajstić information content (AvgIpc) is 2.29. The molecular formula is C12H14Cl3NO. The van der Waals surface area contributed by atoms with Crippen LogP contribution in [0.4, 0.5) is 5.69 Å². The molecule has 0 radical (unpaired) electrons. The highest BCUT2D eigenvalue weighted by Crippen LogP contribution is 2.34. The summed E-state index contributed by atoms with van der Waals surface area (Å²) in [5.41, 5.74) is 0.768. The molecule has 1 fully saturated rings. The van der Waals surface area contributed by atoms with Gasteiger partial charge in [0.2, 0.25) is 0 Å². The molecule has 0 atom stereocenters. The molecule has 1 aliphatic heterocycles. The largest absolute Gasteiger partial charge is 0.382 e. The first-order valence-electron chi connectivity index (χ1n) is 5.63. The molecule has 2 rings (SSSR count). The maximum Gasteiger partial charge on any atom is 0.0720 e. The molecule has 0 aromatic heterocycles. The van der Waals surface area contributed by atoms with Gasteiger partial charge in [0.15, 0.2) is 0 Å². The predicted octanol–water partition coefficient (Wildman–Crippen LogP) is 4.49. The summed E-state index contributed by atoms with van der Waals surface area (Å²) >= 11 is 18.1. The van der Waals surface area contributed by atoms with Crippen molar-refractivity contribution in [2.45, 2.75) is 12.8 Å². The van der Waals surface area contributed by atoms with E-state index in [4.69, 9.17) is 39.5 Å². The predicted molar refractivity (Wildman–Crippen MR) is 73.5 cm³/mol. The molecule has 1 N–H and O–H groups in total. The molecule has 5 heteroatoms. The van der Waals surface area contributed by atoms with E-state index < -0.39 is 0 Å². The fourth-order valence-electron chi connectivity index (χ4n) is 1.91. The molecule has 0 unspecified atom stereocenters. The Bertz CT molecular complexity index is 368. The standard InChI is InChI=1S/C12H14Cl3NO/c13-9-5-10(14)12(11(15)6-9)16-7-8-1-3-17-4-2-8/h5-6,8,16H,1-4,7H2. The Morgan fingerprint density at radius 2 is 1.71 bits per heavy atom. The van der Waals surface area contributed by atoms with E-state index in [2.05, 4.69) is 5.32 Å². The lowest BCUT2D eigenvalue weighted by molar-refractivity contribution is 0.0699. The molecular weight excluding hydrogens is 280 g/mol. The van der Waals surface area contributed by atoms with E-state index in [1.54, 1.807) is 12.1 Å². The number of anilines is 1. The lowest BCUT2D eigenvalue weighted by Gasteiger charge is -2.23. The molecule has 94 valence electrons. The zero-order valence-corrected chi connectivity index (χ0v) is 11.6. The fourth-order valence-corrected chi connectivity index (χ4v) is 2.86. The van der Waals surface area contributed by atoms with E-state index >= 15 is 0 Å². The third-order valence-corrected chi connectivity index (χ3v) is 3.73. The molecule has 2 nitrogen and oxygen atoms in total. The van der Waals surface area contributed by atoms with Crippen molar-refractivity contribution in [1.29, 1.82) is 0 Å². The summed E-state index contributed by atoms with van der Waals surface area (Å²) in [5.74, 6) is 0.617. The van der Waals surface area contributed by atoms with Crippen molar-refractivity contribution in [3.8, 4) is 0 Å². The number of ether oxygens (including phenoxy) is 1. The van der Waals surface area contributed by atoms with Gasteiger partial charge in [-0.3, -0.25) is 0 Å². The van der Waals surface area contributed by atoms with Crippen molar-refractivity contribution < 1.29 is 4.74 Å². The van der Waals surface area contributed by atoms with Gasteiger partial charge in [0.05, 0.1) is 15.7 Å². The molecule has 0 bridgehead atoms. The minimum Gasteiger partial charge on any atom is -0.382 e. The van der Waals surface area contributed by atoms with E-state index in [0.29, 0.717) is 21.0 Å². The van der Waals surface area contributed by atoms with Gasteiger partial charge in [-0.1, -0.05) is 34.8 Å². The summed E-state index contributed by atoms with van der Waals surface area (Å²) in [6.45, 7) is 2.55. The topological polar surface area (TPSA) is 21.3 Å². The van der Waals surface area contributed by atoms with Crippen molar-refractivity contribution in [1.82, 2.24) is 0 Å². The van der Waals surface area contributed by atoms with Crippen LogP contribution in [0.15, 0.2) is 12.1 Å². The monoisotopic (exact) mass is 293 g/mol. The smallest absolute Gasteiger partial charge is 0.0720 e. The maximum absolute atomic E-state index is 6.10. The molecule has 1 aromatic carbocycles. The van der Waals surface area contributed by atoms with Crippen molar-refractivity contribution in [2.24, 2.45) is 5.92 Å². The first-order chi connectivity index (χ1) is 8.16. The van der Waals surface area contributed by atoms with E-state index in [9.17, 15) is 0 Å². The number of halogens is 3. The van der Waals surface area contributed by atoms with Gasteiger partial charge in [0, 0.05) is 24.8 Å². The van der Waals surface area contributed by atoms with Gasteiger partial charge >= 0.3 is 0 Å². The Morgan fingerprint density at radius 3 is 2.29 bits per heavy atom. The van der Waals surface area contributed by atoms with Crippen LogP contribution in [0.3, 0.4) is 0 Å². The zero-order valence-electron chi connectivity index (χ0n) is 9.31. The van der Waals surface area contributed by atoms with Crippen molar-refractivity contribution >= 4 is 40.5 Å². The van der Waals surface area contributed by atoms with Crippen LogP contribution in [0.25, 0.3) is 0 Å². The Hall–Kier alpha value is -0.150. The summed E-state index contributed by atoms with van der Waals surface area (Å²) < 4.78 is 5.32. The van der Waals surface area contributed by atoms with Crippen molar-refractivity contribution in [3.63, 3.8) is 0 Å². The van der Waals surface area contributed by atoms with E-state index in [0.717, 1.165) is 38.3 Å². The highest BCUT2D eigenvalue weighted by atomic mass is 35.5. The van der Waals surface area contributed by atoms with Gasteiger partial charge in [0.25, 0.3) is 0 Å². The lowest BCUT2D eigenvalue weighted by atomic mass is 10.0. The van der Waals surface area contributed by atoms with Crippen LogP contribution in [0.5, 0.6) is 0 Å². The van der Waals surface area contributed by atoms with E-state index in [1.807, 2.05) is 0 Å². The molecule has 1 heterocycles. The Morgan fingerprint density at radius 1 is 1.12 bits per heavy atom. The fraction of sp³-hybridized carbons (Fsp3) is 0.500. The van der Waals surface area contributed by atoms with Crippen LogP contribution < -0.4 is 5.32 Å². The van der Waals surface area contributed by atoms with Crippen molar-refractivity contribution in [3.05, 3.63) is 27.2 Å². The molecule has 0 saturated carbocycles. The average molecular weight is 295 g/mol. The molecule has 0 amide bonds. The third-order valence-electron chi connectivity index (χ3n) is 2.92. The van der Waals surface area contributed by atoms with Crippen LogP contribution in [0.2, 0.25) is 15.1 Å². The molecule has 0 aliphatic carbocycles. The Kier molecular flexibility index (Phi) is 4.80. The van der Waals surface area contributed by atoms with E-state index in [-0.39, 0.29) is 0 Å². The van der Waals surface area contributed by atoms with Gasteiger partial charge in [-0.05, 0) is 30.9 Å². The number of nitrogens with one attached hydrogen (secondary N) is 1. The highest BCUT2D eigenvalue weighted by Gasteiger charge is 2.15. The summed E-state index contributed by atoms with van der Waals surface area (Å²) in [6, 6.07) is 3.39. The quantitative estimate of drug-likeness (QED) is 0.887. The van der Waals surface area contributed by atoms with Crippen LogP contribution in [-0.2, 0) is 4.74 Å². The SMILES string of the molecule is Clc1cc(Cl)c(NCC2CCOCC2)c(Cl)c1. The minimum absolute atomic E-state index is 0.552. The second kappa shape index (κ2) is 6.14. The summed E-state index contributed by atoms with van der Waals surface area (Å²) in [4.78, 5) is 0. The van der Waals surface area contributed by atoms with Gasteiger partial charge < -0.3 is 10.1 Å². The maximum atomic E-state index is 6.10. The Labute approximate surface area is 116 Å². The summed E-state index contributed by atoms with van der Waals surface area (Å²) in [7, 11) is 0. The number of benzene rings is 1. The van der Waals surface area contributed by atoms with Crippen LogP contribution >= 0.6 is 34.8 Å². The number of hydrogen-bond acceptors (Lipinski definition) is 2. The normalized spacial score (nSPS) is 17.1. The zero-order chi connectivity index (χ0) is 12.3. The van der Waals surface area contributed by atoms with Gasteiger partial charge in [-0.15, -0.1) is 0 Å². The van der Waals surface area contributed by atoms with Gasteiger partial charge in [-0.2, -0.15) is 0 Å².